The summed E-state index contributed by atoms with van der Waals surface area (Å²) in [5, 5.41) is 3.09. The number of hydrogen-bond donors (Lipinski definition) is 1. The van der Waals surface area contributed by atoms with Crippen molar-refractivity contribution in [2.45, 2.75) is 69.4 Å². The van der Waals surface area contributed by atoms with Crippen molar-refractivity contribution in [1.29, 1.82) is 0 Å². The van der Waals surface area contributed by atoms with Crippen LogP contribution in [0.25, 0.3) is 0 Å². The Morgan fingerprint density at radius 3 is 2.96 bits per heavy atom. The highest BCUT2D eigenvalue weighted by atomic mass is 16.5. The van der Waals surface area contributed by atoms with Crippen LogP contribution in [0.3, 0.4) is 0 Å². The Labute approximate surface area is 155 Å². The Kier molecular flexibility index (Phi) is 6.35. The van der Waals surface area contributed by atoms with Crippen LogP contribution in [-0.4, -0.2) is 48.6 Å². The lowest BCUT2D eigenvalue weighted by molar-refractivity contribution is -0.131. The molecule has 3 heterocycles. The zero-order chi connectivity index (χ0) is 18.4. The van der Waals surface area contributed by atoms with Crippen molar-refractivity contribution < 1.29 is 18.7 Å². The van der Waals surface area contributed by atoms with Gasteiger partial charge in [-0.3, -0.25) is 9.59 Å². The van der Waals surface area contributed by atoms with E-state index < -0.39 is 0 Å². The second kappa shape index (κ2) is 8.71. The molecule has 1 aromatic rings. The van der Waals surface area contributed by atoms with E-state index in [2.05, 4.69) is 5.32 Å². The first kappa shape index (κ1) is 19.0. The fourth-order valence-corrected chi connectivity index (χ4v) is 3.96. The number of carbonyl (C=O) groups excluding carboxylic acids is 2. The zero-order valence-electron chi connectivity index (χ0n) is 15.7. The summed E-state index contributed by atoms with van der Waals surface area (Å²) in [5.41, 5.74) is -0.363. The summed E-state index contributed by atoms with van der Waals surface area (Å²) < 4.78 is 11.2. The number of nitrogens with one attached hydrogen (secondary N) is 1. The van der Waals surface area contributed by atoms with E-state index in [1.165, 1.54) is 6.42 Å². The maximum atomic E-state index is 12.5. The third-order valence-corrected chi connectivity index (χ3v) is 5.63. The maximum absolute atomic E-state index is 12.5. The third-order valence-electron chi connectivity index (χ3n) is 5.63. The summed E-state index contributed by atoms with van der Waals surface area (Å²) >= 11 is 0. The predicted octanol–water partition coefficient (Wildman–Crippen LogP) is 2.67. The molecule has 2 fully saturated rings. The molecule has 1 N–H and O–H groups in total. The number of furan rings is 1. The molecule has 2 aliphatic rings. The van der Waals surface area contributed by atoms with Crippen LogP contribution in [0.1, 0.15) is 57.1 Å². The van der Waals surface area contributed by atoms with Gasteiger partial charge in [-0.25, -0.2) is 0 Å². The van der Waals surface area contributed by atoms with Crippen molar-refractivity contribution in [2.75, 3.05) is 20.2 Å². The molecule has 144 valence electrons. The molecule has 0 bridgehead atoms. The van der Waals surface area contributed by atoms with Gasteiger partial charge in [-0.2, -0.15) is 0 Å². The standard InChI is InChI=1S/C20H30N2O4/c1-22(12-9-16-5-2-3-13-25-16)19(24)8-11-20(10-7-18(23)21-20)15-17-6-4-14-26-17/h4,6,14,16H,2-3,5,7-13,15H2,1H3,(H,21,23). The van der Waals surface area contributed by atoms with Crippen molar-refractivity contribution in [3.63, 3.8) is 0 Å². The van der Waals surface area contributed by atoms with E-state index in [0.29, 0.717) is 31.8 Å². The van der Waals surface area contributed by atoms with Gasteiger partial charge in [-0.05, 0) is 50.7 Å². The molecule has 6 heteroatoms. The molecule has 0 spiro atoms. The Bertz CT molecular complexity index is 595. The second-order valence-electron chi connectivity index (χ2n) is 7.68. The number of carbonyl (C=O) groups is 2. The van der Waals surface area contributed by atoms with Crippen molar-refractivity contribution in [1.82, 2.24) is 10.2 Å². The minimum atomic E-state index is -0.363. The molecule has 0 radical (unpaired) electrons. The average Bonchev–Trinajstić information content (AvgIpc) is 3.29. The first-order valence-corrected chi connectivity index (χ1v) is 9.75. The number of ether oxygens (including phenoxy) is 1. The van der Waals surface area contributed by atoms with Crippen LogP contribution in [-0.2, 0) is 20.7 Å². The van der Waals surface area contributed by atoms with Crippen LogP contribution in [0.4, 0.5) is 0 Å². The monoisotopic (exact) mass is 362 g/mol. The van der Waals surface area contributed by atoms with Crippen molar-refractivity contribution >= 4 is 11.8 Å². The highest BCUT2D eigenvalue weighted by Gasteiger charge is 2.38. The molecule has 1 aromatic heterocycles. The summed E-state index contributed by atoms with van der Waals surface area (Å²) in [5.74, 6) is 1.04. The van der Waals surface area contributed by atoms with Crippen molar-refractivity contribution in [2.24, 2.45) is 0 Å². The highest BCUT2D eigenvalue weighted by Crippen LogP contribution is 2.30. The van der Waals surface area contributed by atoms with Crippen molar-refractivity contribution in [3.8, 4) is 0 Å². The zero-order valence-corrected chi connectivity index (χ0v) is 15.7. The minimum absolute atomic E-state index is 0.0619. The molecule has 26 heavy (non-hydrogen) atoms. The molecule has 0 aromatic carbocycles. The molecule has 2 atom stereocenters. The van der Waals surface area contributed by atoms with Crippen LogP contribution in [0.15, 0.2) is 22.8 Å². The Morgan fingerprint density at radius 1 is 1.42 bits per heavy atom. The Hall–Kier alpha value is -1.82. The van der Waals surface area contributed by atoms with Gasteiger partial charge < -0.3 is 19.4 Å². The second-order valence-corrected chi connectivity index (χ2v) is 7.68. The molecule has 6 nitrogen and oxygen atoms in total. The molecule has 3 rings (SSSR count). The number of rotatable bonds is 8. The molecular formula is C20H30N2O4. The van der Waals surface area contributed by atoms with Crippen LogP contribution in [0.2, 0.25) is 0 Å². The van der Waals surface area contributed by atoms with Gasteiger partial charge in [0.15, 0.2) is 0 Å². The summed E-state index contributed by atoms with van der Waals surface area (Å²) in [4.78, 5) is 26.1. The van der Waals surface area contributed by atoms with E-state index in [4.69, 9.17) is 9.15 Å². The minimum Gasteiger partial charge on any atom is -0.469 e. The summed E-state index contributed by atoms with van der Waals surface area (Å²) in [7, 11) is 1.86. The van der Waals surface area contributed by atoms with Gasteiger partial charge in [0.05, 0.1) is 12.4 Å². The normalized spacial score (nSPS) is 25.9. The Balaban J connectivity index is 1.48. The molecule has 0 saturated carbocycles. The lowest BCUT2D eigenvalue weighted by Crippen LogP contribution is -2.44. The van der Waals surface area contributed by atoms with Gasteiger partial charge in [0.1, 0.15) is 5.76 Å². The lowest BCUT2D eigenvalue weighted by Gasteiger charge is -2.29. The average molecular weight is 362 g/mol. The van der Waals surface area contributed by atoms with Gasteiger partial charge in [0.25, 0.3) is 0 Å². The molecule has 2 unspecified atom stereocenters. The van der Waals surface area contributed by atoms with E-state index >= 15 is 0 Å². The first-order chi connectivity index (χ1) is 12.6. The van der Waals surface area contributed by atoms with Gasteiger partial charge in [-0.1, -0.05) is 0 Å². The van der Waals surface area contributed by atoms with Gasteiger partial charge in [0.2, 0.25) is 11.8 Å². The van der Waals surface area contributed by atoms with E-state index in [0.717, 1.165) is 44.6 Å². The molecule has 0 aliphatic carbocycles. The van der Waals surface area contributed by atoms with Crippen molar-refractivity contribution in [3.05, 3.63) is 24.2 Å². The maximum Gasteiger partial charge on any atom is 0.222 e. The number of hydrogen-bond acceptors (Lipinski definition) is 4. The van der Waals surface area contributed by atoms with E-state index in [1.807, 2.05) is 19.2 Å². The van der Waals surface area contributed by atoms with Gasteiger partial charge in [0, 0.05) is 45.0 Å². The fraction of sp³-hybridized carbons (Fsp3) is 0.700. The highest BCUT2D eigenvalue weighted by molar-refractivity contribution is 5.80. The summed E-state index contributed by atoms with van der Waals surface area (Å²) in [6, 6.07) is 3.77. The quantitative estimate of drug-likeness (QED) is 0.772. The lowest BCUT2D eigenvalue weighted by atomic mass is 9.87. The first-order valence-electron chi connectivity index (χ1n) is 9.75. The third kappa shape index (κ3) is 5.10. The predicted molar refractivity (Wildman–Crippen MR) is 97.6 cm³/mol. The van der Waals surface area contributed by atoms with Crippen LogP contribution >= 0.6 is 0 Å². The Morgan fingerprint density at radius 2 is 2.31 bits per heavy atom. The van der Waals surface area contributed by atoms with Crippen LogP contribution in [0, 0.1) is 0 Å². The fourth-order valence-electron chi connectivity index (χ4n) is 3.96. The van der Waals surface area contributed by atoms with E-state index in [9.17, 15) is 9.59 Å². The van der Waals surface area contributed by atoms with Gasteiger partial charge in [-0.15, -0.1) is 0 Å². The molecule has 2 aliphatic heterocycles. The summed E-state index contributed by atoms with van der Waals surface area (Å²) in [6.45, 7) is 1.57. The van der Waals surface area contributed by atoms with Crippen LogP contribution < -0.4 is 5.32 Å². The van der Waals surface area contributed by atoms with Crippen LogP contribution in [0.5, 0.6) is 0 Å². The molecule has 2 saturated heterocycles. The summed E-state index contributed by atoms with van der Waals surface area (Å²) in [6.07, 6.45) is 9.28. The smallest absolute Gasteiger partial charge is 0.222 e. The number of nitrogens with zero attached hydrogens (tertiary/aromatic N) is 1. The van der Waals surface area contributed by atoms with E-state index in [-0.39, 0.29) is 17.4 Å². The molecular weight excluding hydrogens is 332 g/mol. The molecule has 2 amide bonds. The number of amides is 2. The largest absolute Gasteiger partial charge is 0.469 e. The van der Waals surface area contributed by atoms with Gasteiger partial charge >= 0.3 is 0 Å². The SMILES string of the molecule is CN(CCC1CCCCO1)C(=O)CCC1(Cc2ccco2)CCC(=O)N1. The van der Waals surface area contributed by atoms with E-state index in [1.54, 1.807) is 11.2 Å². The topological polar surface area (TPSA) is 71.8 Å².